The Kier molecular flexibility index (Phi) is 11.6. The minimum Gasteiger partial charge on any atom is -0.495 e. The number of aliphatic imine (C=N–C) groups is 1. The number of benzene rings is 1. The lowest BCUT2D eigenvalue weighted by Gasteiger charge is -2.14. The summed E-state index contributed by atoms with van der Waals surface area (Å²) in [5.74, 6) is 1.23. The Morgan fingerprint density at radius 1 is 1.33 bits per heavy atom. The lowest BCUT2D eigenvalue weighted by Crippen LogP contribution is -2.43. The van der Waals surface area contributed by atoms with Gasteiger partial charge < -0.3 is 20.3 Å². The van der Waals surface area contributed by atoms with Crippen molar-refractivity contribution in [3.8, 4) is 5.75 Å². The first kappa shape index (κ1) is 22.8. The van der Waals surface area contributed by atoms with Crippen molar-refractivity contribution in [3.05, 3.63) is 28.8 Å². The van der Waals surface area contributed by atoms with E-state index in [2.05, 4.69) is 22.5 Å². The number of nitrogens with one attached hydrogen (secondary N) is 2. The number of rotatable bonds is 7. The fraction of sp³-hybridized carbons (Fsp3) is 0.500. The van der Waals surface area contributed by atoms with Crippen molar-refractivity contribution in [2.24, 2.45) is 4.99 Å². The third kappa shape index (κ3) is 8.05. The fourth-order valence-electron chi connectivity index (χ4n) is 1.71. The van der Waals surface area contributed by atoms with E-state index in [1.54, 1.807) is 21.2 Å². The highest BCUT2D eigenvalue weighted by Crippen LogP contribution is 2.25. The molecular formula is C16H26ClIN4O2. The van der Waals surface area contributed by atoms with Gasteiger partial charge in [0.1, 0.15) is 5.75 Å². The summed E-state index contributed by atoms with van der Waals surface area (Å²) in [5, 5.41) is 6.77. The molecule has 0 heterocycles. The number of methoxy groups -OCH3 is 1. The smallest absolute Gasteiger partial charge is 0.241 e. The summed E-state index contributed by atoms with van der Waals surface area (Å²) in [6, 6.07) is 5.55. The van der Waals surface area contributed by atoms with Crippen molar-refractivity contribution in [2.75, 3.05) is 34.3 Å². The van der Waals surface area contributed by atoms with Crippen molar-refractivity contribution in [3.63, 3.8) is 0 Å². The molecule has 0 aliphatic rings. The van der Waals surface area contributed by atoms with E-state index in [1.807, 2.05) is 18.2 Å². The number of hydrogen-bond donors (Lipinski definition) is 2. The van der Waals surface area contributed by atoms with Crippen LogP contribution >= 0.6 is 35.6 Å². The molecule has 0 fully saturated rings. The van der Waals surface area contributed by atoms with Crippen LogP contribution < -0.4 is 15.4 Å². The molecule has 8 heteroatoms. The molecule has 0 saturated heterocycles. The Bertz CT molecular complexity index is 553. The van der Waals surface area contributed by atoms with Crippen molar-refractivity contribution in [1.82, 2.24) is 15.5 Å². The van der Waals surface area contributed by atoms with Crippen molar-refractivity contribution in [2.45, 2.75) is 19.9 Å². The van der Waals surface area contributed by atoms with Crippen LogP contribution in [0.2, 0.25) is 5.02 Å². The van der Waals surface area contributed by atoms with Crippen molar-refractivity contribution in [1.29, 1.82) is 0 Å². The number of ether oxygens (including phenoxy) is 1. The molecule has 24 heavy (non-hydrogen) atoms. The van der Waals surface area contributed by atoms with Gasteiger partial charge in [0.25, 0.3) is 0 Å². The molecule has 0 atom stereocenters. The predicted molar refractivity (Wildman–Crippen MR) is 110 cm³/mol. The molecular weight excluding hydrogens is 443 g/mol. The maximum atomic E-state index is 11.7. The average Bonchev–Trinajstić information content (AvgIpc) is 2.53. The highest BCUT2D eigenvalue weighted by atomic mass is 127. The van der Waals surface area contributed by atoms with Crippen LogP contribution in [0.25, 0.3) is 0 Å². The Labute approximate surface area is 166 Å². The Balaban J connectivity index is 0.00000529. The molecule has 1 aromatic rings. The molecule has 1 aromatic carbocycles. The van der Waals surface area contributed by atoms with E-state index in [0.29, 0.717) is 23.3 Å². The molecule has 0 radical (unpaired) electrons. The third-order valence-corrected chi connectivity index (χ3v) is 3.38. The monoisotopic (exact) mass is 468 g/mol. The molecule has 0 aromatic heterocycles. The van der Waals surface area contributed by atoms with Crippen LogP contribution in [0, 0.1) is 0 Å². The van der Waals surface area contributed by atoms with Gasteiger partial charge in [-0.1, -0.05) is 24.6 Å². The quantitative estimate of drug-likeness (QED) is 0.367. The Hall–Kier alpha value is -1.22. The molecule has 136 valence electrons. The van der Waals surface area contributed by atoms with Gasteiger partial charge in [0.2, 0.25) is 5.91 Å². The normalized spacial score (nSPS) is 10.6. The molecule has 0 unspecified atom stereocenters. The lowest BCUT2D eigenvalue weighted by atomic mass is 10.2. The summed E-state index contributed by atoms with van der Waals surface area (Å²) >= 11 is 6.11. The summed E-state index contributed by atoms with van der Waals surface area (Å²) in [6.07, 6.45) is 0.969. The van der Waals surface area contributed by atoms with E-state index in [0.717, 1.165) is 18.5 Å². The molecule has 0 spiro atoms. The highest BCUT2D eigenvalue weighted by Gasteiger charge is 2.06. The van der Waals surface area contributed by atoms with Gasteiger partial charge in [0.05, 0.1) is 25.2 Å². The van der Waals surface area contributed by atoms with Crippen LogP contribution in [0.1, 0.15) is 18.9 Å². The van der Waals surface area contributed by atoms with E-state index in [-0.39, 0.29) is 36.4 Å². The van der Waals surface area contributed by atoms with Gasteiger partial charge in [0.15, 0.2) is 5.96 Å². The molecule has 1 amide bonds. The topological polar surface area (TPSA) is 66.0 Å². The molecule has 1 rings (SSSR count). The van der Waals surface area contributed by atoms with E-state index in [4.69, 9.17) is 16.3 Å². The molecule has 0 bridgehead atoms. The third-order valence-electron chi connectivity index (χ3n) is 3.08. The predicted octanol–water partition coefficient (Wildman–Crippen LogP) is 2.50. The number of carbonyl (C=O) groups excluding carboxylic acids is 1. The molecule has 0 aliphatic heterocycles. The Morgan fingerprint density at radius 3 is 2.58 bits per heavy atom. The van der Waals surface area contributed by atoms with Crippen LogP contribution in [0.5, 0.6) is 5.75 Å². The zero-order valence-electron chi connectivity index (χ0n) is 14.6. The van der Waals surface area contributed by atoms with E-state index < -0.39 is 0 Å². The SMILES string of the molecule is CCCNC(=NCc1ccc(OC)c(Cl)c1)NCC(=O)N(C)C.I. The van der Waals surface area contributed by atoms with E-state index >= 15 is 0 Å². The maximum absolute atomic E-state index is 11.7. The molecule has 0 aliphatic carbocycles. The summed E-state index contributed by atoms with van der Waals surface area (Å²) in [4.78, 5) is 17.7. The molecule has 6 nitrogen and oxygen atoms in total. The summed E-state index contributed by atoms with van der Waals surface area (Å²) in [6.45, 7) is 3.51. The summed E-state index contributed by atoms with van der Waals surface area (Å²) in [5.41, 5.74) is 0.965. The first-order chi connectivity index (χ1) is 11.0. The number of halogens is 2. The fourth-order valence-corrected chi connectivity index (χ4v) is 1.99. The lowest BCUT2D eigenvalue weighted by molar-refractivity contribution is -0.127. The summed E-state index contributed by atoms with van der Waals surface area (Å²) in [7, 11) is 5.02. The zero-order valence-corrected chi connectivity index (χ0v) is 17.6. The Morgan fingerprint density at radius 2 is 2.04 bits per heavy atom. The number of nitrogens with zero attached hydrogens (tertiary/aromatic N) is 2. The van der Waals surface area contributed by atoms with Gasteiger partial charge in [0, 0.05) is 20.6 Å². The minimum atomic E-state index is -0.0107. The van der Waals surface area contributed by atoms with Gasteiger partial charge >= 0.3 is 0 Å². The van der Waals surface area contributed by atoms with Crippen LogP contribution in [0.3, 0.4) is 0 Å². The standard InChI is InChI=1S/C16H25ClN4O2.HI/c1-5-8-18-16(20-11-15(22)21(2)3)19-10-12-6-7-14(23-4)13(17)9-12;/h6-7,9H,5,8,10-11H2,1-4H3,(H2,18,19,20);1H. The second-order valence-electron chi connectivity index (χ2n) is 5.20. The number of amides is 1. The van der Waals surface area contributed by atoms with Crippen LogP contribution in [-0.4, -0.2) is 51.1 Å². The van der Waals surface area contributed by atoms with Gasteiger partial charge in [-0.15, -0.1) is 24.0 Å². The van der Waals surface area contributed by atoms with Crippen LogP contribution in [-0.2, 0) is 11.3 Å². The van der Waals surface area contributed by atoms with E-state index in [1.165, 1.54) is 4.90 Å². The maximum Gasteiger partial charge on any atom is 0.241 e. The minimum absolute atomic E-state index is 0. The van der Waals surface area contributed by atoms with Gasteiger partial charge in [-0.3, -0.25) is 4.79 Å². The molecule has 2 N–H and O–H groups in total. The van der Waals surface area contributed by atoms with Crippen LogP contribution in [0.15, 0.2) is 23.2 Å². The number of likely N-dealkylation sites (N-methyl/N-ethyl adjacent to an activating group) is 1. The zero-order chi connectivity index (χ0) is 17.2. The number of carbonyl (C=O) groups is 1. The van der Waals surface area contributed by atoms with Gasteiger partial charge in [-0.05, 0) is 24.1 Å². The van der Waals surface area contributed by atoms with Crippen molar-refractivity contribution >= 4 is 47.4 Å². The summed E-state index contributed by atoms with van der Waals surface area (Å²) < 4.78 is 5.13. The highest BCUT2D eigenvalue weighted by molar-refractivity contribution is 14.0. The first-order valence-corrected chi connectivity index (χ1v) is 7.90. The first-order valence-electron chi connectivity index (χ1n) is 7.52. The van der Waals surface area contributed by atoms with Gasteiger partial charge in [-0.2, -0.15) is 0 Å². The average molecular weight is 469 g/mol. The van der Waals surface area contributed by atoms with E-state index in [9.17, 15) is 4.79 Å². The van der Waals surface area contributed by atoms with Crippen molar-refractivity contribution < 1.29 is 9.53 Å². The van der Waals surface area contributed by atoms with Gasteiger partial charge in [-0.25, -0.2) is 4.99 Å². The largest absolute Gasteiger partial charge is 0.495 e. The number of guanidine groups is 1. The second-order valence-corrected chi connectivity index (χ2v) is 5.61. The number of hydrogen-bond acceptors (Lipinski definition) is 3. The second kappa shape index (κ2) is 12.2. The molecule has 0 saturated carbocycles. The van der Waals surface area contributed by atoms with Crippen LogP contribution in [0.4, 0.5) is 0 Å².